The van der Waals surface area contributed by atoms with Gasteiger partial charge >= 0.3 is 0 Å². The van der Waals surface area contributed by atoms with E-state index in [1.165, 1.54) is 11.8 Å². The summed E-state index contributed by atoms with van der Waals surface area (Å²) in [7, 11) is 0. The fourth-order valence-electron chi connectivity index (χ4n) is 4.44. The Morgan fingerprint density at radius 1 is 0.818 bits per heavy atom. The van der Waals surface area contributed by atoms with Gasteiger partial charge in [-0.05, 0) is 23.8 Å². The van der Waals surface area contributed by atoms with Gasteiger partial charge in [0.1, 0.15) is 17.6 Å². The van der Waals surface area contributed by atoms with Crippen LogP contribution in [0.25, 0.3) is 22.1 Å². The Labute approximate surface area is 197 Å². The van der Waals surface area contributed by atoms with Gasteiger partial charge in [0.15, 0.2) is 0 Å². The van der Waals surface area contributed by atoms with E-state index in [-0.39, 0.29) is 11.2 Å². The lowest BCUT2D eigenvalue weighted by Gasteiger charge is -2.34. The number of phenolic OH excluding ortho intramolecular Hbond substituents is 1. The Bertz CT molecular complexity index is 1330. The highest BCUT2D eigenvalue weighted by atomic mass is 35.5. The van der Waals surface area contributed by atoms with Crippen molar-refractivity contribution in [1.82, 2.24) is 9.80 Å². The van der Waals surface area contributed by atoms with Gasteiger partial charge in [0.2, 0.25) is 5.43 Å². The maximum absolute atomic E-state index is 13.2. The predicted octanol–water partition coefficient (Wildman–Crippen LogP) is 5.14. The first-order valence-corrected chi connectivity index (χ1v) is 11.5. The highest BCUT2D eigenvalue weighted by Gasteiger charge is 2.21. The van der Waals surface area contributed by atoms with E-state index < -0.39 is 0 Å². The third kappa shape index (κ3) is 4.53. The Balaban J connectivity index is 1.37. The molecule has 6 heteroatoms. The van der Waals surface area contributed by atoms with Crippen molar-refractivity contribution in [1.29, 1.82) is 0 Å². The van der Waals surface area contributed by atoms with Gasteiger partial charge in [0, 0.05) is 49.9 Å². The number of benzene rings is 3. The highest BCUT2D eigenvalue weighted by molar-refractivity contribution is 6.33. The summed E-state index contributed by atoms with van der Waals surface area (Å²) in [4.78, 5) is 18.0. The molecular formula is C27H25ClN2O3. The number of nitrogens with zero attached hydrogens (tertiary/aromatic N) is 2. The molecule has 1 aliphatic heterocycles. The van der Waals surface area contributed by atoms with Gasteiger partial charge in [0.05, 0.1) is 16.5 Å². The van der Waals surface area contributed by atoms with Gasteiger partial charge < -0.3 is 9.52 Å². The van der Waals surface area contributed by atoms with Crippen molar-refractivity contribution < 1.29 is 9.52 Å². The lowest BCUT2D eigenvalue weighted by Crippen LogP contribution is -2.45. The third-order valence-electron chi connectivity index (χ3n) is 6.28. The molecule has 0 atom stereocenters. The molecule has 0 aliphatic carbocycles. The molecule has 1 fully saturated rings. The van der Waals surface area contributed by atoms with Crippen molar-refractivity contribution in [2.45, 2.75) is 13.1 Å². The molecule has 1 N–H and O–H groups in total. The molecule has 0 bridgehead atoms. The molecule has 0 radical (unpaired) electrons. The topological polar surface area (TPSA) is 56.9 Å². The minimum absolute atomic E-state index is 0.142. The minimum atomic E-state index is -0.154. The van der Waals surface area contributed by atoms with Gasteiger partial charge in [-0.15, -0.1) is 0 Å². The molecule has 33 heavy (non-hydrogen) atoms. The van der Waals surface area contributed by atoms with Crippen molar-refractivity contribution in [3.8, 4) is 16.9 Å². The second-order valence-electron chi connectivity index (χ2n) is 8.44. The van der Waals surface area contributed by atoms with Crippen LogP contribution in [0.4, 0.5) is 0 Å². The van der Waals surface area contributed by atoms with Gasteiger partial charge in [-0.25, -0.2) is 0 Å². The average Bonchev–Trinajstić information content (AvgIpc) is 2.83. The van der Waals surface area contributed by atoms with E-state index >= 15 is 0 Å². The maximum atomic E-state index is 13.2. The first-order valence-electron chi connectivity index (χ1n) is 11.1. The van der Waals surface area contributed by atoms with Crippen LogP contribution >= 0.6 is 11.6 Å². The fraction of sp³-hybridized carbons (Fsp3) is 0.222. The molecule has 4 aromatic rings. The van der Waals surface area contributed by atoms with Crippen LogP contribution < -0.4 is 5.43 Å². The Morgan fingerprint density at radius 3 is 2.21 bits per heavy atom. The largest absolute Gasteiger partial charge is 0.507 e. The summed E-state index contributed by atoms with van der Waals surface area (Å²) in [6.45, 7) is 5.11. The summed E-state index contributed by atoms with van der Waals surface area (Å²) in [6, 6.07) is 20.9. The number of rotatable bonds is 5. The first-order chi connectivity index (χ1) is 16.1. The quantitative estimate of drug-likeness (QED) is 0.447. The van der Waals surface area contributed by atoms with E-state index in [0.717, 1.165) is 32.7 Å². The second kappa shape index (κ2) is 9.40. The van der Waals surface area contributed by atoms with Crippen molar-refractivity contribution in [2.75, 3.05) is 26.2 Å². The van der Waals surface area contributed by atoms with Gasteiger partial charge in [-0.2, -0.15) is 0 Å². The lowest BCUT2D eigenvalue weighted by molar-refractivity contribution is 0.121. The van der Waals surface area contributed by atoms with E-state index in [2.05, 4.69) is 34.1 Å². The molecule has 168 valence electrons. The number of hydrogen-bond donors (Lipinski definition) is 1. The number of piperazine rings is 1. The molecule has 5 rings (SSSR count). The SMILES string of the molecule is O=c1c(-c2ccccc2Cl)coc2c(CN3CCN(Cc4ccccc4)CC3)c(O)ccc12. The predicted molar refractivity (Wildman–Crippen MR) is 132 cm³/mol. The van der Waals surface area contributed by atoms with E-state index in [1.807, 2.05) is 18.2 Å². The molecule has 1 aliphatic rings. The molecule has 0 spiro atoms. The van der Waals surface area contributed by atoms with Crippen molar-refractivity contribution >= 4 is 22.6 Å². The maximum Gasteiger partial charge on any atom is 0.200 e. The van der Waals surface area contributed by atoms with Crippen LogP contribution in [-0.2, 0) is 13.1 Å². The molecule has 3 aromatic carbocycles. The van der Waals surface area contributed by atoms with Crippen LogP contribution in [0, 0.1) is 0 Å². The Kier molecular flexibility index (Phi) is 6.18. The number of halogens is 1. The monoisotopic (exact) mass is 460 g/mol. The van der Waals surface area contributed by atoms with Crippen LogP contribution in [0.15, 0.2) is 82.2 Å². The van der Waals surface area contributed by atoms with E-state index in [4.69, 9.17) is 16.0 Å². The smallest absolute Gasteiger partial charge is 0.200 e. The van der Waals surface area contributed by atoms with E-state index in [9.17, 15) is 9.90 Å². The van der Waals surface area contributed by atoms with E-state index in [1.54, 1.807) is 24.3 Å². The van der Waals surface area contributed by atoms with Crippen LogP contribution in [0.5, 0.6) is 5.75 Å². The molecule has 5 nitrogen and oxygen atoms in total. The molecule has 0 unspecified atom stereocenters. The molecular weight excluding hydrogens is 436 g/mol. The van der Waals surface area contributed by atoms with Gasteiger partial charge in [-0.1, -0.05) is 60.1 Å². The van der Waals surface area contributed by atoms with Crippen molar-refractivity contribution in [2.24, 2.45) is 0 Å². The summed E-state index contributed by atoms with van der Waals surface area (Å²) in [5, 5.41) is 11.5. The summed E-state index contributed by atoms with van der Waals surface area (Å²) in [5.41, 5.74) is 3.29. The molecule has 0 saturated carbocycles. The van der Waals surface area contributed by atoms with Crippen molar-refractivity contribution in [3.63, 3.8) is 0 Å². The summed E-state index contributed by atoms with van der Waals surface area (Å²) in [6.07, 6.45) is 1.45. The zero-order valence-electron chi connectivity index (χ0n) is 18.2. The minimum Gasteiger partial charge on any atom is -0.507 e. The lowest BCUT2D eigenvalue weighted by atomic mass is 10.0. The first kappa shape index (κ1) is 21.7. The summed E-state index contributed by atoms with van der Waals surface area (Å²) >= 11 is 6.30. The van der Waals surface area contributed by atoms with Gasteiger partial charge in [-0.3, -0.25) is 14.6 Å². The van der Waals surface area contributed by atoms with Gasteiger partial charge in [0.25, 0.3) is 0 Å². The molecule has 1 saturated heterocycles. The molecule has 1 aromatic heterocycles. The molecule has 0 amide bonds. The second-order valence-corrected chi connectivity index (χ2v) is 8.84. The number of fused-ring (bicyclic) bond motifs is 1. The summed E-state index contributed by atoms with van der Waals surface area (Å²) < 4.78 is 5.93. The molecule has 2 heterocycles. The van der Waals surface area contributed by atoms with Crippen LogP contribution in [0.2, 0.25) is 5.02 Å². The Morgan fingerprint density at radius 2 is 1.48 bits per heavy atom. The van der Waals surface area contributed by atoms with Crippen LogP contribution in [-0.4, -0.2) is 41.1 Å². The van der Waals surface area contributed by atoms with Crippen molar-refractivity contribution in [3.05, 3.63) is 99.4 Å². The summed E-state index contributed by atoms with van der Waals surface area (Å²) in [5.74, 6) is 0.142. The Hall–Kier alpha value is -3.12. The number of hydrogen-bond acceptors (Lipinski definition) is 5. The van der Waals surface area contributed by atoms with Crippen LogP contribution in [0.1, 0.15) is 11.1 Å². The standard InChI is InChI=1S/C27H25ClN2O3/c28-24-9-5-4-8-20(24)23-18-33-27-21(26(23)32)10-11-25(31)22(27)17-30-14-12-29(13-15-30)16-19-6-2-1-3-7-19/h1-11,18,31H,12-17H2. The zero-order valence-corrected chi connectivity index (χ0v) is 19.0. The highest BCUT2D eigenvalue weighted by Crippen LogP contribution is 2.31. The zero-order chi connectivity index (χ0) is 22.8. The average molecular weight is 461 g/mol. The van der Waals surface area contributed by atoms with Crippen LogP contribution in [0.3, 0.4) is 0 Å². The third-order valence-corrected chi connectivity index (χ3v) is 6.61. The normalized spacial score (nSPS) is 15.2. The number of phenols is 1. The number of aromatic hydroxyl groups is 1. The fourth-order valence-corrected chi connectivity index (χ4v) is 4.67. The van der Waals surface area contributed by atoms with E-state index in [0.29, 0.717) is 39.2 Å².